The van der Waals surface area contributed by atoms with Crippen LogP contribution in [0, 0.1) is 0 Å². The minimum atomic E-state index is -0.346. The van der Waals surface area contributed by atoms with Gasteiger partial charge in [-0.2, -0.15) is 0 Å². The molecule has 0 bridgehead atoms. The lowest BCUT2D eigenvalue weighted by Gasteiger charge is -2.26. The number of amides is 2. The summed E-state index contributed by atoms with van der Waals surface area (Å²) in [6.07, 6.45) is 1.64. The average Bonchev–Trinajstić information content (AvgIpc) is 2.50. The second kappa shape index (κ2) is 7.78. The first kappa shape index (κ1) is 17.2. The summed E-state index contributed by atoms with van der Waals surface area (Å²) >= 11 is 0. The number of carbonyl (C=O) groups excluding carboxylic acids is 2. The van der Waals surface area contributed by atoms with Crippen molar-refractivity contribution in [3.8, 4) is 0 Å². The Hall–Kier alpha value is -1.88. The molecule has 116 valence electrons. The Kier molecular flexibility index (Phi) is 6.37. The predicted octanol–water partition coefficient (Wildman–Crippen LogP) is 1.57. The van der Waals surface area contributed by atoms with Gasteiger partial charge in [-0.05, 0) is 30.5 Å². The van der Waals surface area contributed by atoms with Crippen molar-refractivity contribution in [2.45, 2.75) is 45.7 Å². The third-order valence-corrected chi connectivity index (χ3v) is 3.77. The predicted molar refractivity (Wildman–Crippen MR) is 83.8 cm³/mol. The van der Waals surface area contributed by atoms with E-state index in [1.165, 1.54) is 6.92 Å². The Bertz CT molecular complexity index is 479. The van der Waals surface area contributed by atoms with Gasteiger partial charge in [0.15, 0.2) is 0 Å². The van der Waals surface area contributed by atoms with E-state index in [9.17, 15) is 9.59 Å². The summed E-state index contributed by atoms with van der Waals surface area (Å²) in [6.45, 7) is 6.45. The van der Waals surface area contributed by atoms with Crippen molar-refractivity contribution in [2.24, 2.45) is 5.73 Å². The van der Waals surface area contributed by atoms with E-state index < -0.39 is 0 Å². The summed E-state index contributed by atoms with van der Waals surface area (Å²) in [4.78, 5) is 22.9. The fourth-order valence-electron chi connectivity index (χ4n) is 1.86. The van der Waals surface area contributed by atoms with Gasteiger partial charge in [0.2, 0.25) is 5.91 Å². The van der Waals surface area contributed by atoms with Crippen LogP contribution in [-0.4, -0.2) is 23.9 Å². The van der Waals surface area contributed by atoms with Crippen molar-refractivity contribution >= 4 is 11.8 Å². The van der Waals surface area contributed by atoms with Gasteiger partial charge in [-0.3, -0.25) is 9.59 Å². The van der Waals surface area contributed by atoms with E-state index in [1.54, 1.807) is 12.1 Å². The highest BCUT2D eigenvalue weighted by Gasteiger charge is 2.21. The third-order valence-electron chi connectivity index (χ3n) is 3.77. The molecule has 0 spiro atoms. The average molecular weight is 291 g/mol. The molecule has 1 aromatic rings. The van der Waals surface area contributed by atoms with Crippen LogP contribution in [0.25, 0.3) is 0 Å². The second-order valence-corrected chi connectivity index (χ2v) is 5.36. The summed E-state index contributed by atoms with van der Waals surface area (Å²) in [5.41, 5.74) is 7.36. The summed E-state index contributed by atoms with van der Waals surface area (Å²) < 4.78 is 0. The molecule has 4 N–H and O–H groups in total. The molecule has 0 aromatic heterocycles. The monoisotopic (exact) mass is 291 g/mol. The van der Waals surface area contributed by atoms with Crippen LogP contribution in [-0.2, 0) is 11.3 Å². The van der Waals surface area contributed by atoms with Gasteiger partial charge in [0, 0.05) is 31.1 Å². The van der Waals surface area contributed by atoms with E-state index in [0.29, 0.717) is 18.7 Å². The molecule has 0 heterocycles. The Labute approximate surface area is 126 Å². The third kappa shape index (κ3) is 5.55. The van der Waals surface area contributed by atoms with Crippen LogP contribution in [0.5, 0.6) is 0 Å². The van der Waals surface area contributed by atoms with Gasteiger partial charge in [0.25, 0.3) is 5.91 Å². The molecule has 0 aliphatic rings. The maximum atomic E-state index is 12.1. The van der Waals surface area contributed by atoms with Crippen molar-refractivity contribution in [1.82, 2.24) is 10.6 Å². The van der Waals surface area contributed by atoms with Crippen LogP contribution in [0.15, 0.2) is 24.3 Å². The number of nitrogens with two attached hydrogens (primary N) is 1. The standard InChI is InChI=1S/C16H25N3O2/c1-4-16(17,5-2)11-19-15(21)14-8-6-13(7-9-14)10-18-12(3)20/h6-9H,4-5,10-11,17H2,1-3H3,(H,18,20)(H,19,21). The Morgan fingerprint density at radius 1 is 1.10 bits per heavy atom. The highest BCUT2D eigenvalue weighted by atomic mass is 16.2. The fourth-order valence-corrected chi connectivity index (χ4v) is 1.86. The first-order valence-corrected chi connectivity index (χ1v) is 7.30. The normalized spacial score (nSPS) is 11.0. The maximum absolute atomic E-state index is 12.1. The summed E-state index contributed by atoms with van der Waals surface area (Å²) in [5, 5.41) is 5.59. The van der Waals surface area contributed by atoms with Gasteiger partial charge in [-0.15, -0.1) is 0 Å². The van der Waals surface area contributed by atoms with E-state index in [4.69, 9.17) is 5.73 Å². The Balaban J connectivity index is 2.57. The number of hydrogen-bond acceptors (Lipinski definition) is 3. The Morgan fingerprint density at radius 3 is 2.14 bits per heavy atom. The van der Waals surface area contributed by atoms with Crippen LogP contribution in [0.2, 0.25) is 0 Å². The molecule has 0 atom stereocenters. The zero-order valence-corrected chi connectivity index (χ0v) is 13.0. The summed E-state index contributed by atoms with van der Waals surface area (Å²) in [7, 11) is 0. The first-order chi connectivity index (χ1) is 9.90. The van der Waals surface area contributed by atoms with Gasteiger partial charge in [0.1, 0.15) is 0 Å². The van der Waals surface area contributed by atoms with E-state index in [0.717, 1.165) is 18.4 Å². The smallest absolute Gasteiger partial charge is 0.251 e. The molecule has 2 amide bonds. The van der Waals surface area contributed by atoms with Crippen molar-refractivity contribution in [1.29, 1.82) is 0 Å². The molecule has 1 aromatic carbocycles. The topological polar surface area (TPSA) is 84.2 Å². The lowest BCUT2D eigenvalue weighted by atomic mass is 9.94. The molecule has 1 rings (SSSR count). The van der Waals surface area contributed by atoms with Crippen molar-refractivity contribution in [3.05, 3.63) is 35.4 Å². The van der Waals surface area contributed by atoms with Crippen molar-refractivity contribution in [2.75, 3.05) is 6.54 Å². The number of nitrogens with one attached hydrogen (secondary N) is 2. The van der Waals surface area contributed by atoms with E-state index in [1.807, 2.05) is 26.0 Å². The molecule has 0 saturated heterocycles. The SMILES string of the molecule is CCC(N)(CC)CNC(=O)c1ccc(CNC(C)=O)cc1. The molecule has 0 aliphatic carbocycles. The molecule has 5 heteroatoms. The van der Waals surface area contributed by atoms with Gasteiger partial charge >= 0.3 is 0 Å². The van der Waals surface area contributed by atoms with Crippen molar-refractivity contribution < 1.29 is 9.59 Å². The highest BCUT2D eigenvalue weighted by molar-refractivity contribution is 5.94. The number of hydrogen-bond donors (Lipinski definition) is 3. The van der Waals surface area contributed by atoms with Gasteiger partial charge in [-0.1, -0.05) is 26.0 Å². The largest absolute Gasteiger partial charge is 0.352 e. The minimum Gasteiger partial charge on any atom is -0.352 e. The lowest BCUT2D eigenvalue weighted by molar-refractivity contribution is -0.119. The van der Waals surface area contributed by atoms with Crippen LogP contribution >= 0.6 is 0 Å². The van der Waals surface area contributed by atoms with Crippen LogP contribution in [0.3, 0.4) is 0 Å². The van der Waals surface area contributed by atoms with E-state index in [-0.39, 0.29) is 17.4 Å². The van der Waals surface area contributed by atoms with Gasteiger partial charge in [-0.25, -0.2) is 0 Å². The maximum Gasteiger partial charge on any atom is 0.251 e. The molecule has 0 radical (unpaired) electrons. The molecule has 0 saturated carbocycles. The van der Waals surface area contributed by atoms with Crippen molar-refractivity contribution in [3.63, 3.8) is 0 Å². The highest BCUT2D eigenvalue weighted by Crippen LogP contribution is 2.10. The Morgan fingerprint density at radius 2 is 1.67 bits per heavy atom. The number of carbonyl (C=O) groups is 2. The zero-order chi connectivity index (χ0) is 15.9. The van der Waals surface area contributed by atoms with Gasteiger partial charge in [0.05, 0.1) is 0 Å². The molecule has 5 nitrogen and oxygen atoms in total. The number of benzene rings is 1. The zero-order valence-electron chi connectivity index (χ0n) is 13.0. The van der Waals surface area contributed by atoms with Crippen LogP contribution in [0.1, 0.15) is 49.5 Å². The van der Waals surface area contributed by atoms with Crippen LogP contribution in [0.4, 0.5) is 0 Å². The first-order valence-electron chi connectivity index (χ1n) is 7.30. The minimum absolute atomic E-state index is 0.0739. The summed E-state index contributed by atoms with van der Waals surface area (Å²) in [6, 6.07) is 7.17. The molecule has 21 heavy (non-hydrogen) atoms. The lowest BCUT2D eigenvalue weighted by Crippen LogP contribution is -2.49. The van der Waals surface area contributed by atoms with E-state index in [2.05, 4.69) is 10.6 Å². The fraction of sp³-hybridized carbons (Fsp3) is 0.500. The molecular weight excluding hydrogens is 266 g/mol. The van der Waals surface area contributed by atoms with Crippen LogP contribution < -0.4 is 16.4 Å². The molecular formula is C16H25N3O2. The number of rotatable bonds is 7. The summed E-state index contributed by atoms with van der Waals surface area (Å²) in [5.74, 6) is -0.201. The molecule has 0 fully saturated rings. The quantitative estimate of drug-likeness (QED) is 0.713. The second-order valence-electron chi connectivity index (χ2n) is 5.36. The molecule has 0 aliphatic heterocycles. The molecule has 0 unspecified atom stereocenters. The van der Waals surface area contributed by atoms with E-state index >= 15 is 0 Å². The van der Waals surface area contributed by atoms with Gasteiger partial charge < -0.3 is 16.4 Å².